The van der Waals surface area contributed by atoms with Crippen LogP contribution >= 0.6 is 0 Å². The maximum absolute atomic E-state index is 12.1. The molecule has 122 valence electrons. The number of nitrogens with one attached hydrogen (secondary N) is 2. The normalized spacial score (nSPS) is 21.6. The van der Waals surface area contributed by atoms with Crippen LogP contribution in [0.5, 0.6) is 0 Å². The number of alkyl halides is 2. The van der Waals surface area contributed by atoms with Crippen LogP contribution in [-0.4, -0.2) is 31.1 Å². The molecule has 1 aliphatic carbocycles. The van der Waals surface area contributed by atoms with Crippen molar-refractivity contribution in [1.82, 2.24) is 10.6 Å². The van der Waals surface area contributed by atoms with Gasteiger partial charge in [0, 0.05) is 12.1 Å². The first-order chi connectivity index (χ1) is 10.6. The molecule has 0 aliphatic heterocycles. The van der Waals surface area contributed by atoms with Crippen LogP contribution < -0.4 is 10.6 Å². The van der Waals surface area contributed by atoms with Gasteiger partial charge in [0.05, 0.1) is 6.54 Å². The van der Waals surface area contributed by atoms with E-state index in [1.165, 1.54) is 0 Å². The zero-order valence-corrected chi connectivity index (χ0v) is 12.4. The summed E-state index contributed by atoms with van der Waals surface area (Å²) >= 11 is 0. The van der Waals surface area contributed by atoms with Crippen LogP contribution in [0.4, 0.5) is 13.6 Å². The van der Waals surface area contributed by atoms with Gasteiger partial charge >= 0.3 is 6.09 Å². The highest BCUT2D eigenvalue weighted by atomic mass is 19.3. The number of benzene rings is 1. The molecule has 0 aromatic heterocycles. The first-order valence-corrected chi connectivity index (χ1v) is 7.62. The summed E-state index contributed by atoms with van der Waals surface area (Å²) in [6, 6.07) is 9.67. The maximum Gasteiger partial charge on any atom is 0.407 e. The van der Waals surface area contributed by atoms with E-state index in [1.54, 1.807) is 0 Å². The van der Waals surface area contributed by atoms with Crippen molar-refractivity contribution in [3.05, 3.63) is 35.9 Å². The number of rotatable bonds is 6. The third-order valence-electron chi connectivity index (χ3n) is 3.82. The fourth-order valence-electron chi connectivity index (χ4n) is 2.63. The highest BCUT2D eigenvalue weighted by Gasteiger charge is 2.23. The van der Waals surface area contributed by atoms with Gasteiger partial charge in [0.15, 0.2) is 0 Å². The molecule has 1 aliphatic rings. The SMILES string of the molecule is O=C(NC1CCC(NCC(F)F)CC1)OCc1ccccc1. The summed E-state index contributed by atoms with van der Waals surface area (Å²) in [4.78, 5) is 11.7. The molecule has 1 aromatic rings. The predicted octanol–water partition coefficient (Wildman–Crippen LogP) is 3.08. The van der Waals surface area contributed by atoms with Crippen molar-refractivity contribution in [2.75, 3.05) is 6.54 Å². The number of alkyl carbamates (subject to hydrolysis) is 1. The topological polar surface area (TPSA) is 50.4 Å². The Hall–Kier alpha value is -1.69. The van der Waals surface area contributed by atoms with Crippen LogP contribution in [0, 0.1) is 0 Å². The molecule has 0 spiro atoms. The molecule has 22 heavy (non-hydrogen) atoms. The summed E-state index contributed by atoms with van der Waals surface area (Å²) < 4.78 is 29.4. The van der Waals surface area contributed by atoms with Crippen molar-refractivity contribution in [2.45, 2.75) is 50.8 Å². The first kappa shape index (κ1) is 16.7. The Balaban J connectivity index is 1.62. The molecule has 1 fully saturated rings. The van der Waals surface area contributed by atoms with Gasteiger partial charge in [0.2, 0.25) is 0 Å². The van der Waals surface area contributed by atoms with E-state index in [4.69, 9.17) is 4.74 Å². The van der Waals surface area contributed by atoms with Crippen LogP contribution in [0.3, 0.4) is 0 Å². The van der Waals surface area contributed by atoms with Gasteiger partial charge in [-0.3, -0.25) is 0 Å². The van der Waals surface area contributed by atoms with Gasteiger partial charge in [-0.15, -0.1) is 0 Å². The third-order valence-corrected chi connectivity index (χ3v) is 3.82. The molecule has 0 saturated heterocycles. The highest BCUT2D eigenvalue weighted by Crippen LogP contribution is 2.19. The lowest BCUT2D eigenvalue weighted by atomic mass is 9.91. The smallest absolute Gasteiger partial charge is 0.407 e. The molecule has 2 rings (SSSR count). The van der Waals surface area contributed by atoms with E-state index in [-0.39, 0.29) is 25.2 Å². The van der Waals surface area contributed by atoms with Crippen LogP contribution in [0.15, 0.2) is 30.3 Å². The second kappa shape index (κ2) is 8.68. The monoisotopic (exact) mass is 312 g/mol. The zero-order chi connectivity index (χ0) is 15.8. The average molecular weight is 312 g/mol. The summed E-state index contributed by atoms with van der Waals surface area (Å²) in [5, 5.41) is 5.69. The van der Waals surface area contributed by atoms with E-state index in [9.17, 15) is 13.6 Å². The minimum absolute atomic E-state index is 0.0628. The molecule has 1 saturated carbocycles. The average Bonchev–Trinajstić information content (AvgIpc) is 2.53. The lowest BCUT2D eigenvalue weighted by Crippen LogP contribution is -2.43. The molecular formula is C16H22F2N2O2. The third kappa shape index (κ3) is 5.97. The highest BCUT2D eigenvalue weighted by molar-refractivity contribution is 5.67. The van der Waals surface area contributed by atoms with Gasteiger partial charge in [0.1, 0.15) is 6.61 Å². The molecule has 2 N–H and O–H groups in total. The van der Waals surface area contributed by atoms with Crippen molar-refractivity contribution in [1.29, 1.82) is 0 Å². The minimum Gasteiger partial charge on any atom is -0.445 e. The first-order valence-electron chi connectivity index (χ1n) is 7.62. The van der Waals surface area contributed by atoms with Crippen molar-refractivity contribution >= 4 is 6.09 Å². The Morgan fingerprint density at radius 2 is 1.77 bits per heavy atom. The summed E-state index contributed by atoms with van der Waals surface area (Å²) in [6.45, 7) is -0.0140. The molecule has 0 radical (unpaired) electrons. The minimum atomic E-state index is -2.32. The molecule has 1 amide bonds. The van der Waals surface area contributed by atoms with Crippen molar-refractivity contribution < 1.29 is 18.3 Å². The van der Waals surface area contributed by atoms with E-state index >= 15 is 0 Å². The van der Waals surface area contributed by atoms with E-state index < -0.39 is 12.5 Å². The maximum atomic E-state index is 12.1. The van der Waals surface area contributed by atoms with Crippen LogP contribution in [0.1, 0.15) is 31.2 Å². The van der Waals surface area contributed by atoms with Crippen molar-refractivity contribution in [3.8, 4) is 0 Å². The summed E-state index contributed by atoms with van der Waals surface area (Å²) in [6.07, 6.45) is 0.395. The van der Waals surface area contributed by atoms with Gasteiger partial charge in [-0.05, 0) is 31.2 Å². The number of carbonyl (C=O) groups excluding carboxylic acids is 1. The summed E-state index contributed by atoms with van der Waals surface area (Å²) in [5.74, 6) is 0. The largest absolute Gasteiger partial charge is 0.445 e. The molecule has 0 bridgehead atoms. The van der Waals surface area contributed by atoms with Gasteiger partial charge in [-0.25, -0.2) is 13.6 Å². The second-order valence-electron chi connectivity index (χ2n) is 5.55. The number of ether oxygens (including phenoxy) is 1. The van der Waals surface area contributed by atoms with Gasteiger partial charge in [-0.2, -0.15) is 0 Å². The number of halogens is 2. The molecule has 0 unspecified atom stereocenters. The fourth-order valence-corrected chi connectivity index (χ4v) is 2.63. The number of hydrogen-bond donors (Lipinski definition) is 2. The lowest BCUT2D eigenvalue weighted by molar-refractivity contribution is 0.127. The Morgan fingerprint density at radius 1 is 1.14 bits per heavy atom. The number of amides is 1. The molecule has 0 atom stereocenters. The van der Waals surface area contributed by atoms with E-state index in [1.807, 2.05) is 30.3 Å². The standard InChI is InChI=1S/C16H22F2N2O2/c17-15(18)10-19-13-6-8-14(9-7-13)20-16(21)22-11-12-4-2-1-3-5-12/h1-5,13-15,19H,6-11H2,(H,20,21). The predicted molar refractivity (Wildman–Crippen MR) is 79.8 cm³/mol. The molecule has 4 nitrogen and oxygen atoms in total. The number of carbonyl (C=O) groups is 1. The van der Waals surface area contributed by atoms with Crippen LogP contribution in [0.25, 0.3) is 0 Å². The van der Waals surface area contributed by atoms with Crippen LogP contribution in [-0.2, 0) is 11.3 Å². The van der Waals surface area contributed by atoms with E-state index in [2.05, 4.69) is 10.6 Å². The Labute approximate surface area is 129 Å². The molecular weight excluding hydrogens is 290 g/mol. The Kier molecular flexibility index (Phi) is 6.58. The quantitative estimate of drug-likeness (QED) is 0.849. The second-order valence-corrected chi connectivity index (χ2v) is 5.55. The molecule has 6 heteroatoms. The number of hydrogen-bond acceptors (Lipinski definition) is 3. The summed E-state index contributed by atoms with van der Waals surface area (Å²) in [5.41, 5.74) is 0.942. The Bertz CT molecular complexity index is 449. The lowest BCUT2D eigenvalue weighted by Gasteiger charge is -2.29. The van der Waals surface area contributed by atoms with Gasteiger partial charge < -0.3 is 15.4 Å². The van der Waals surface area contributed by atoms with Crippen LogP contribution in [0.2, 0.25) is 0 Å². The van der Waals surface area contributed by atoms with Crippen molar-refractivity contribution in [3.63, 3.8) is 0 Å². The van der Waals surface area contributed by atoms with E-state index in [0.29, 0.717) is 0 Å². The molecule has 0 heterocycles. The molecule has 1 aromatic carbocycles. The Morgan fingerprint density at radius 3 is 2.41 bits per heavy atom. The van der Waals surface area contributed by atoms with Crippen molar-refractivity contribution in [2.24, 2.45) is 0 Å². The van der Waals surface area contributed by atoms with Gasteiger partial charge in [-0.1, -0.05) is 30.3 Å². The summed E-state index contributed by atoms with van der Waals surface area (Å²) in [7, 11) is 0. The van der Waals surface area contributed by atoms with Gasteiger partial charge in [0.25, 0.3) is 6.43 Å². The zero-order valence-electron chi connectivity index (χ0n) is 12.4. The fraction of sp³-hybridized carbons (Fsp3) is 0.562. The van der Waals surface area contributed by atoms with E-state index in [0.717, 1.165) is 31.2 Å².